The van der Waals surface area contributed by atoms with Crippen LogP contribution in [0.15, 0.2) is 18.2 Å². The summed E-state index contributed by atoms with van der Waals surface area (Å²) in [6.45, 7) is 5.47. The van der Waals surface area contributed by atoms with Crippen LogP contribution in [0.2, 0.25) is 0 Å². The smallest absolute Gasteiger partial charge is 0.214 e. The number of fused-ring (bicyclic) bond motifs is 1. The highest BCUT2D eigenvalue weighted by Crippen LogP contribution is 2.32. The monoisotopic (exact) mass is 392 g/mol. The van der Waals surface area contributed by atoms with Gasteiger partial charge in [-0.2, -0.15) is 4.31 Å². The molecule has 0 radical (unpaired) electrons. The van der Waals surface area contributed by atoms with Crippen molar-refractivity contribution in [2.24, 2.45) is 0 Å². The SMILES string of the molecule is O=S1(=O)CCCN1Cc1ccc2sc(N3CCN(C4CC4)CC3)nc2c1. The van der Waals surface area contributed by atoms with Crippen LogP contribution >= 0.6 is 11.3 Å². The molecule has 1 saturated carbocycles. The van der Waals surface area contributed by atoms with Crippen LogP contribution in [0, 0.1) is 0 Å². The summed E-state index contributed by atoms with van der Waals surface area (Å²) < 4.78 is 26.8. The number of sulfonamides is 1. The van der Waals surface area contributed by atoms with Gasteiger partial charge >= 0.3 is 0 Å². The summed E-state index contributed by atoms with van der Waals surface area (Å²) in [4.78, 5) is 9.86. The first-order chi connectivity index (χ1) is 12.6. The highest BCUT2D eigenvalue weighted by Gasteiger charge is 2.32. The Morgan fingerprint density at radius 3 is 2.62 bits per heavy atom. The van der Waals surface area contributed by atoms with Crippen LogP contribution in [-0.4, -0.2) is 67.1 Å². The number of rotatable bonds is 4. The molecule has 3 fully saturated rings. The van der Waals surface area contributed by atoms with Crippen molar-refractivity contribution in [2.75, 3.05) is 43.4 Å². The molecule has 26 heavy (non-hydrogen) atoms. The molecule has 2 aliphatic heterocycles. The molecular weight excluding hydrogens is 368 g/mol. The quantitative estimate of drug-likeness (QED) is 0.798. The Morgan fingerprint density at radius 1 is 1.12 bits per heavy atom. The van der Waals surface area contributed by atoms with Crippen LogP contribution in [0.3, 0.4) is 0 Å². The van der Waals surface area contributed by atoms with Gasteiger partial charge in [0, 0.05) is 45.3 Å². The van der Waals surface area contributed by atoms with Crippen molar-refractivity contribution in [2.45, 2.75) is 31.8 Å². The molecule has 0 atom stereocenters. The van der Waals surface area contributed by atoms with Crippen LogP contribution in [0.25, 0.3) is 10.2 Å². The van der Waals surface area contributed by atoms with Gasteiger partial charge in [0.05, 0.1) is 16.0 Å². The van der Waals surface area contributed by atoms with Gasteiger partial charge < -0.3 is 4.90 Å². The van der Waals surface area contributed by atoms with Crippen molar-refractivity contribution in [3.8, 4) is 0 Å². The Bertz CT molecular complexity index is 914. The second-order valence-corrected chi connectivity index (χ2v) is 10.7. The van der Waals surface area contributed by atoms with E-state index < -0.39 is 10.0 Å². The molecule has 0 amide bonds. The lowest BCUT2D eigenvalue weighted by molar-refractivity contribution is 0.248. The van der Waals surface area contributed by atoms with E-state index in [4.69, 9.17) is 4.98 Å². The minimum Gasteiger partial charge on any atom is -0.345 e. The maximum Gasteiger partial charge on any atom is 0.214 e. The van der Waals surface area contributed by atoms with Gasteiger partial charge in [0.2, 0.25) is 10.0 Å². The van der Waals surface area contributed by atoms with E-state index in [-0.39, 0.29) is 5.75 Å². The lowest BCUT2D eigenvalue weighted by Crippen LogP contribution is -2.47. The number of aromatic nitrogens is 1. The fraction of sp³-hybridized carbons (Fsp3) is 0.611. The van der Waals surface area contributed by atoms with Gasteiger partial charge in [-0.05, 0) is 37.0 Å². The summed E-state index contributed by atoms with van der Waals surface area (Å²) in [5.41, 5.74) is 2.02. The second kappa shape index (κ2) is 6.44. The van der Waals surface area contributed by atoms with E-state index in [0.717, 1.165) is 54.9 Å². The predicted octanol–water partition coefficient (Wildman–Crippen LogP) is 2.12. The summed E-state index contributed by atoms with van der Waals surface area (Å²) >= 11 is 1.74. The molecule has 140 valence electrons. The summed E-state index contributed by atoms with van der Waals surface area (Å²) in [6, 6.07) is 7.04. The van der Waals surface area contributed by atoms with Gasteiger partial charge in [-0.1, -0.05) is 17.4 Å². The molecule has 0 bridgehead atoms. The highest BCUT2D eigenvalue weighted by molar-refractivity contribution is 7.89. The normalized spacial score (nSPS) is 24.5. The summed E-state index contributed by atoms with van der Waals surface area (Å²) in [5.74, 6) is 0.281. The van der Waals surface area contributed by atoms with Crippen LogP contribution in [0.4, 0.5) is 5.13 Å². The van der Waals surface area contributed by atoms with Crippen molar-refractivity contribution < 1.29 is 8.42 Å². The highest BCUT2D eigenvalue weighted by atomic mass is 32.2. The molecule has 8 heteroatoms. The number of hydrogen-bond acceptors (Lipinski definition) is 6. The number of nitrogens with zero attached hydrogens (tertiary/aromatic N) is 4. The van der Waals surface area contributed by atoms with E-state index in [9.17, 15) is 8.42 Å². The third kappa shape index (κ3) is 3.24. The third-order valence-electron chi connectivity index (χ3n) is 5.65. The van der Waals surface area contributed by atoms with Crippen molar-refractivity contribution in [3.63, 3.8) is 0 Å². The zero-order valence-electron chi connectivity index (χ0n) is 14.8. The number of benzene rings is 1. The maximum atomic E-state index is 12.0. The fourth-order valence-electron chi connectivity index (χ4n) is 3.99. The van der Waals surface area contributed by atoms with E-state index in [1.54, 1.807) is 15.6 Å². The van der Waals surface area contributed by atoms with E-state index in [1.165, 1.54) is 17.5 Å². The first-order valence-corrected chi connectivity index (χ1v) is 11.9. The minimum atomic E-state index is -3.06. The molecule has 6 nitrogen and oxygen atoms in total. The van der Waals surface area contributed by atoms with Gasteiger partial charge in [-0.15, -0.1) is 0 Å². The van der Waals surface area contributed by atoms with Crippen LogP contribution in [0.1, 0.15) is 24.8 Å². The zero-order chi connectivity index (χ0) is 17.7. The lowest BCUT2D eigenvalue weighted by atomic mass is 10.2. The molecule has 3 heterocycles. The second-order valence-electron chi connectivity index (χ2n) is 7.56. The number of piperazine rings is 1. The van der Waals surface area contributed by atoms with Crippen molar-refractivity contribution >= 4 is 36.7 Å². The number of thiazole rings is 1. The molecule has 2 saturated heterocycles. The molecule has 0 unspecified atom stereocenters. The predicted molar refractivity (Wildman–Crippen MR) is 105 cm³/mol. The molecule has 5 rings (SSSR count). The Hall–Kier alpha value is -1.22. The van der Waals surface area contributed by atoms with Crippen LogP contribution in [0.5, 0.6) is 0 Å². The number of hydrogen-bond donors (Lipinski definition) is 0. The van der Waals surface area contributed by atoms with E-state index in [0.29, 0.717) is 13.1 Å². The van der Waals surface area contributed by atoms with Gasteiger partial charge in [0.1, 0.15) is 0 Å². The Balaban J connectivity index is 1.32. The summed E-state index contributed by atoms with van der Waals surface area (Å²) in [6.07, 6.45) is 3.48. The zero-order valence-corrected chi connectivity index (χ0v) is 16.4. The first-order valence-electron chi connectivity index (χ1n) is 9.45. The molecule has 3 aliphatic rings. The fourth-order valence-corrected chi connectivity index (χ4v) is 6.49. The third-order valence-corrected chi connectivity index (χ3v) is 8.65. The van der Waals surface area contributed by atoms with E-state index >= 15 is 0 Å². The minimum absolute atomic E-state index is 0.281. The number of anilines is 1. The van der Waals surface area contributed by atoms with Gasteiger partial charge in [0.25, 0.3) is 0 Å². The van der Waals surface area contributed by atoms with Crippen molar-refractivity contribution in [1.29, 1.82) is 0 Å². The molecule has 0 N–H and O–H groups in total. The van der Waals surface area contributed by atoms with Crippen LogP contribution < -0.4 is 4.90 Å². The summed E-state index contributed by atoms with van der Waals surface area (Å²) in [5, 5.41) is 1.10. The Labute approximate surface area is 158 Å². The van der Waals surface area contributed by atoms with Gasteiger partial charge in [-0.25, -0.2) is 13.4 Å². The average molecular weight is 393 g/mol. The lowest BCUT2D eigenvalue weighted by Gasteiger charge is -2.34. The molecular formula is C18H24N4O2S2. The molecule has 1 aliphatic carbocycles. The molecule has 1 aromatic heterocycles. The first kappa shape index (κ1) is 16.9. The van der Waals surface area contributed by atoms with E-state index in [1.807, 2.05) is 6.07 Å². The Kier molecular flexibility index (Phi) is 4.19. The van der Waals surface area contributed by atoms with Gasteiger partial charge in [0.15, 0.2) is 5.13 Å². The van der Waals surface area contributed by atoms with Crippen molar-refractivity contribution in [3.05, 3.63) is 23.8 Å². The molecule has 2 aromatic rings. The standard InChI is InChI=1S/C18H24N4O2S2/c23-26(24)11-1-6-22(26)13-14-2-5-17-16(12-14)19-18(25-17)21-9-7-20(8-10-21)15-3-4-15/h2,5,12,15H,1,3-4,6-11,13H2. The van der Waals surface area contributed by atoms with Crippen LogP contribution in [-0.2, 0) is 16.6 Å². The molecule has 0 spiro atoms. The summed E-state index contributed by atoms with van der Waals surface area (Å²) in [7, 11) is -3.06. The Morgan fingerprint density at radius 2 is 1.92 bits per heavy atom. The largest absolute Gasteiger partial charge is 0.345 e. The maximum absolute atomic E-state index is 12.0. The average Bonchev–Trinajstić information content (AvgIpc) is 3.31. The molecule has 1 aromatic carbocycles. The van der Waals surface area contributed by atoms with Gasteiger partial charge in [-0.3, -0.25) is 4.90 Å². The van der Waals surface area contributed by atoms with E-state index in [2.05, 4.69) is 21.9 Å². The van der Waals surface area contributed by atoms with Crippen molar-refractivity contribution in [1.82, 2.24) is 14.2 Å². The topological polar surface area (TPSA) is 56.8 Å².